The van der Waals surface area contributed by atoms with Crippen LogP contribution in [0.25, 0.3) is 11.4 Å². The molecule has 0 bridgehead atoms. The van der Waals surface area contributed by atoms with Crippen LogP contribution in [-0.4, -0.2) is 21.7 Å². The molecule has 4 N–H and O–H groups in total. The van der Waals surface area contributed by atoms with Gasteiger partial charge in [0.2, 0.25) is 0 Å². The van der Waals surface area contributed by atoms with E-state index in [9.17, 15) is 13.2 Å². The lowest BCUT2D eigenvalue weighted by molar-refractivity contribution is -0.137. The number of halogens is 3. The van der Waals surface area contributed by atoms with E-state index in [4.69, 9.17) is 5.73 Å². The number of alkyl halides is 3. The number of aromatic nitrogens is 3. The van der Waals surface area contributed by atoms with Crippen molar-refractivity contribution < 1.29 is 13.2 Å². The number of nitrogens with zero attached hydrogens (tertiary/aromatic N) is 2. The molecule has 25 heavy (non-hydrogen) atoms. The normalized spacial score (nSPS) is 11.5. The number of rotatable bonds is 5. The van der Waals surface area contributed by atoms with Crippen LogP contribution in [-0.2, 0) is 12.6 Å². The fourth-order valence-electron chi connectivity index (χ4n) is 2.34. The van der Waals surface area contributed by atoms with Gasteiger partial charge in [0.25, 0.3) is 0 Å². The van der Waals surface area contributed by atoms with Crippen molar-refractivity contribution in [1.82, 2.24) is 15.2 Å². The fourth-order valence-corrected chi connectivity index (χ4v) is 2.34. The third-order valence-corrected chi connectivity index (χ3v) is 3.56. The van der Waals surface area contributed by atoms with E-state index in [1.807, 2.05) is 12.1 Å². The SMILES string of the molecule is Nc1cccc(-c2n[nH]c(CCNc3cccc(C(F)(F)F)c3)n2)c1. The number of nitrogens with two attached hydrogens (primary N) is 1. The monoisotopic (exact) mass is 347 g/mol. The molecule has 1 heterocycles. The summed E-state index contributed by atoms with van der Waals surface area (Å²) in [6.07, 6.45) is -3.86. The minimum Gasteiger partial charge on any atom is -0.399 e. The minimum atomic E-state index is -4.35. The molecular weight excluding hydrogens is 331 g/mol. The Bertz CT molecular complexity index is 857. The quantitative estimate of drug-likeness (QED) is 0.615. The van der Waals surface area contributed by atoms with Gasteiger partial charge in [-0.15, -0.1) is 0 Å². The van der Waals surface area contributed by atoms with Crippen molar-refractivity contribution in [3.63, 3.8) is 0 Å². The van der Waals surface area contributed by atoms with E-state index in [0.717, 1.165) is 17.7 Å². The average Bonchev–Trinajstić information content (AvgIpc) is 3.03. The van der Waals surface area contributed by atoms with E-state index in [1.54, 1.807) is 18.2 Å². The van der Waals surface area contributed by atoms with Crippen LogP contribution < -0.4 is 11.1 Å². The van der Waals surface area contributed by atoms with Crippen LogP contribution in [0, 0.1) is 0 Å². The zero-order valence-electron chi connectivity index (χ0n) is 13.1. The second-order valence-electron chi connectivity index (χ2n) is 5.49. The van der Waals surface area contributed by atoms with Crippen molar-refractivity contribution >= 4 is 11.4 Å². The Morgan fingerprint density at radius 1 is 1.08 bits per heavy atom. The van der Waals surface area contributed by atoms with Crippen LogP contribution in [0.4, 0.5) is 24.5 Å². The molecule has 0 spiro atoms. The molecule has 0 atom stereocenters. The number of hydrogen-bond donors (Lipinski definition) is 3. The first-order valence-corrected chi connectivity index (χ1v) is 7.60. The molecule has 8 heteroatoms. The summed E-state index contributed by atoms with van der Waals surface area (Å²) in [6, 6.07) is 12.3. The molecule has 0 aliphatic rings. The summed E-state index contributed by atoms with van der Waals surface area (Å²) in [4.78, 5) is 4.37. The second kappa shape index (κ2) is 6.84. The van der Waals surface area contributed by atoms with Crippen molar-refractivity contribution in [2.24, 2.45) is 0 Å². The highest BCUT2D eigenvalue weighted by Gasteiger charge is 2.30. The summed E-state index contributed by atoms with van der Waals surface area (Å²) in [7, 11) is 0. The Hall–Kier alpha value is -3.03. The van der Waals surface area contributed by atoms with E-state index in [1.165, 1.54) is 6.07 Å². The number of H-pyrrole nitrogens is 1. The lowest BCUT2D eigenvalue weighted by Gasteiger charge is -2.10. The zero-order valence-corrected chi connectivity index (χ0v) is 13.1. The van der Waals surface area contributed by atoms with Gasteiger partial charge in [-0.3, -0.25) is 5.10 Å². The highest BCUT2D eigenvalue weighted by molar-refractivity contribution is 5.60. The van der Waals surface area contributed by atoms with Crippen molar-refractivity contribution in [3.8, 4) is 11.4 Å². The average molecular weight is 347 g/mol. The standard InChI is InChI=1S/C17H16F3N5/c18-17(19,20)12-4-2-6-14(10-12)22-8-7-15-23-16(25-24-15)11-3-1-5-13(21)9-11/h1-6,9-10,22H,7-8,21H2,(H,23,24,25). The molecule has 0 fully saturated rings. The van der Waals surface area contributed by atoms with Gasteiger partial charge in [-0.2, -0.15) is 18.3 Å². The van der Waals surface area contributed by atoms with Gasteiger partial charge in [0.05, 0.1) is 5.56 Å². The van der Waals surface area contributed by atoms with Crippen molar-refractivity contribution in [2.45, 2.75) is 12.6 Å². The Kier molecular flexibility index (Phi) is 4.60. The van der Waals surface area contributed by atoms with E-state index < -0.39 is 11.7 Å². The van der Waals surface area contributed by atoms with Crippen molar-refractivity contribution in [1.29, 1.82) is 0 Å². The molecule has 0 radical (unpaired) electrons. The van der Waals surface area contributed by atoms with Crippen LogP contribution in [0.5, 0.6) is 0 Å². The predicted octanol–water partition coefficient (Wildman–Crippen LogP) is 3.73. The molecule has 3 aromatic rings. The number of benzene rings is 2. The molecular formula is C17H16F3N5. The maximum absolute atomic E-state index is 12.7. The first-order chi connectivity index (χ1) is 11.9. The number of hydrogen-bond acceptors (Lipinski definition) is 4. The third kappa shape index (κ3) is 4.28. The van der Waals surface area contributed by atoms with E-state index >= 15 is 0 Å². The summed E-state index contributed by atoms with van der Waals surface area (Å²) < 4.78 is 38.1. The molecule has 2 aromatic carbocycles. The fraction of sp³-hybridized carbons (Fsp3) is 0.176. The molecule has 0 saturated carbocycles. The predicted molar refractivity (Wildman–Crippen MR) is 89.9 cm³/mol. The van der Waals surface area contributed by atoms with Gasteiger partial charge in [0.1, 0.15) is 5.82 Å². The smallest absolute Gasteiger partial charge is 0.399 e. The van der Waals surface area contributed by atoms with Crippen LogP contribution in [0.2, 0.25) is 0 Å². The molecule has 130 valence electrons. The molecule has 0 aliphatic carbocycles. The molecule has 3 rings (SSSR count). The van der Waals surface area contributed by atoms with E-state index in [0.29, 0.717) is 36.0 Å². The summed E-state index contributed by atoms with van der Waals surface area (Å²) >= 11 is 0. The zero-order chi connectivity index (χ0) is 17.9. The maximum atomic E-state index is 12.7. The lowest BCUT2D eigenvalue weighted by Crippen LogP contribution is -2.09. The van der Waals surface area contributed by atoms with Gasteiger partial charge in [0.15, 0.2) is 5.82 Å². The first kappa shape index (κ1) is 16.8. The first-order valence-electron chi connectivity index (χ1n) is 7.60. The molecule has 0 aliphatic heterocycles. The lowest BCUT2D eigenvalue weighted by atomic mass is 10.2. The van der Waals surface area contributed by atoms with Crippen molar-refractivity contribution in [2.75, 3.05) is 17.6 Å². The van der Waals surface area contributed by atoms with Gasteiger partial charge < -0.3 is 11.1 Å². The molecule has 1 aromatic heterocycles. The summed E-state index contributed by atoms with van der Waals surface area (Å²) in [5, 5.41) is 9.91. The summed E-state index contributed by atoms with van der Waals surface area (Å²) in [6.45, 7) is 0.423. The number of anilines is 2. The Morgan fingerprint density at radius 2 is 1.88 bits per heavy atom. The molecule has 0 saturated heterocycles. The summed E-state index contributed by atoms with van der Waals surface area (Å²) in [5.41, 5.74) is 6.88. The number of nitrogen functional groups attached to an aromatic ring is 1. The second-order valence-corrected chi connectivity index (χ2v) is 5.49. The number of nitrogens with one attached hydrogen (secondary N) is 2. The van der Waals surface area contributed by atoms with Gasteiger partial charge in [-0.25, -0.2) is 4.98 Å². The van der Waals surface area contributed by atoms with Crippen LogP contribution in [0.15, 0.2) is 48.5 Å². The van der Waals surface area contributed by atoms with Crippen LogP contribution >= 0.6 is 0 Å². The Morgan fingerprint density at radius 3 is 2.64 bits per heavy atom. The Balaban J connectivity index is 1.60. The van der Waals surface area contributed by atoms with Crippen LogP contribution in [0.1, 0.15) is 11.4 Å². The Labute approximate surface area is 142 Å². The van der Waals surface area contributed by atoms with Gasteiger partial charge >= 0.3 is 6.18 Å². The van der Waals surface area contributed by atoms with Crippen LogP contribution in [0.3, 0.4) is 0 Å². The maximum Gasteiger partial charge on any atom is 0.416 e. The molecule has 5 nitrogen and oxygen atoms in total. The van der Waals surface area contributed by atoms with Gasteiger partial charge in [0, 0.05) is 29.9 Å². The highest BCUT2D eigenvalue weighted by atomic mass is 19.4. The number of aromatic amines is 1. The topological polar surface area (TPSA) is 79.6 Å². The highest BCUT2D eigenvalue weighted by Crippen LogP contribution is 2.30. The largest absolute Gasteiger partial charge is 0.416 e. The summed E-state index contributed by atoms with van der Waals surface area (Å²) in [5.74, 6) is 1.17. The molecule has 0 amide bonds. The van der Waals surface area contributed by atoms with Gasteiger partial charge in [-0.1, -0.05) is 18.2 Å². The minimum absolute atomic E-state index is 0.408. The molecule has 0 unspecified atom stereocenters. The van der Waals surface area contributed by atoms with Gasteiger partial charge in [-0.05, 0) is 30.3 Å². The van der Waals surface area contributed by atoms with E-state index in [-0.39, 0.29) is 0 Å². The third-order valence-electron chi connectivity index (χ3n) is 3.56. The van der Waals surface area contributed by atoms with Crippen molar-refractivity contribution in [3.05, 3.63) is 59.9 Å². The van der Waals surface area contributed by atoms with E-state index in [2.05, 4.69) is 20.5 Å².